The molecule has 1 fully saturated rings. The summed E-state index contributed by atoms with van der Waals surface area (Å²) in [5, 5.41) is 3.93. The Morgan fingerprint density at radius 1 is 1.40 bits per heavy atom. The molecule has 1 aromatic heterocycles. The predicted molar refractivity (Wildman–Crippen MR) is 81.9 cm³/mol. The number of nitrogens with one attached hydrogen (secondary N) is 1. The second-order valence-electron chi connectivity index (χ2n) is 5.02. The van der Waals surface area contributed by atoms with Crippen LogP contribution in [0.3, 0.4) is 0 Å². The van der Waals surface area contributed by atoms with E-state index in [1.54, 1.807) is 11.8 Å². The number of imidazole rings is 1. The number of aryl methyl sites for hydroxylation is 1. The van der Waals surface area contributed by atoms with Gasteiger partial charge < -0.3 is 9.88 Å². The maximum absolute atomic E-state index is 12.1. The molecule has 1 atom stereocenters. The Balaban J connectivity index is 1.91. The van der Waals surface area contributed by atoms with Crippen LogP contribution >= 0.6 is 11.8 Å². The molecule has 20 heavy (non-hydrogen) atoms. The maximum Gasteiger partial charge on any atom is 0.233 e. The number of carbonyl (C=O) groups is 1. The molecule has 1 N–H and O–H groups in total. The van der Waals surface area contributed by atoms with E-state index in [-0.39, 0.29) is 11.2 Å². The minimum Gasteiger partial charge on any atom is -0.355 e. The highest BCUT2D eigenvalue weighted by molar-refractivity contribution is 8.00. The number of hydrogen-bond donors (Lipinski definition) is 1. The highest BCUT2D eigenvalue weighted by atomic mass is 32.2. The van der Waals surface area contributed by atoms with Crippen LogP contribution in [0.5, 0.6) is 0 Å². The summed E-state index contributed by atoms with van der Waals surface area (Å²) in [6, 6.07) is 8.15. The minimum atomic E-state index is -0.0142. The number of para-hydroxylation sites is 2. The Morgan fingerprint density at radius 2 is 2.25 bits per heavy atom. The molecule has 0 saturated carbocycles. The average molecular weight is 289 g/mol. The molecule has 5 heteroatoms. The summed E-state index contributed by atoms with van der Waals surface area (Å²) in [6.07, 6.45) is 3.11. The Labute approximate surface area is 123 Å². The van der Waals surface area contributed by atoms with E-state index in [2.05, 4.69) is 27.9 Å². The SMILES string of the molecule is CCn1c(S[C@@H]2CCCCNC2=O)nc2ccccc21. The summed E-state index contributed by atoms with van der Waals surface area (Å²) in [5.41, 5.74) is 2.15. The van der Waals surface area contributed by atoms with Gasteiger partial charge in [-0.15, -0.1) is 0 Å². The van der Waals surface area contributed by atoms with Crippen LogP contribution in [0.25, 0.3) is 11.0 Å². The van der Waals surface area contributed by atoms with Gasteiger partial charge in [-0.2, -0.15) is 0 Å². The minimum absolute atomic E-state index is 0.0142. The van der Waals surface area contributed by atoms with E-state index in [0.717, 1.165) is 48.5 Å². The summed E-state index contributed by atoms with van der Waals surface area (Å²) in [6.45, 7) is 3.79. The van der Waals surface area contributed by atoms with Crippen molar-refractivity contribution in [3.63, 3.8) is 0 Å². The van der Waals surface area contributed by atoms with Crippen LogP contribution in [-0.4, -0.2) is 27.3 Å². The smallest absolute Gasteiger partial charge is 0.233 e. The second-order valence-corrected chi connectivity index (χ2v) is 6.19. The summed E-state index contributed by atoms with van der Waals surface area (Å²) < 4.78 is 2.19. The molecule has 4 nitrogen and oxygen atoms in total. The first kappa shape index (κ1) is 13.5. The zero-order valence-electron chi connectivity index (χ0n) is 11.6. The molecule has 1 aliphatic heterocycles. The van der Waals surface area contributed by atoms with E-state index in [0.29, 0.717) is 0 Å². The molecule has 3 rings (SSSR count). The fraction of sp³-hybridized carbons (Fsp3) is 0.467. The third-order valence-electron chi connectivity index (χ3n) is 3.67. The predicted octanol–water partition coefficient (Wildman–Crippen LogP) is 2.82. The molecular weight excluding hydrogens is 270 g/mol. The summed E-state index contributed by atoms with van der Waals surface area (Å²) >= 11 is 1.60. The molecule has 1 amide bonds. The van der Waals surface area contributed by atoms with Gasteiger partial charge in [-0.05, 0) is 31.9 Å². The lowest BCUT2D eigenvalue weighted by molar-refractivity contribution is -0.120. The van der Waals surface area contributed by atoms with Crippen molar-refractivity contribution < 1.29 is 4.79 Å². The number of thioether (sulfide) groups is 1. The highest BCUT2D eigenvalue weighted by Gasteiger charge is 2.24. The lowest BCUT2D eigenvalue weighted by Crippen LogP contribution is -2.30. The molecule has 0 spiro atoms. The summed E-state index contributed by atoms with van der Waals surface area (Å²) in [7, 11) is 0. The zero-order valence-corrected chi connectivity index (χ0v) is 12.4. The molecular formula is C15H19N3OS. The van der Waals surface area contributed by atoms with Crippen LogP contribution in [0.4, 0.5) is 0 Å². The standard InChI is InChI=1S/C15H19N3OS/c1-2-18-12-8-4-3-7-11(12)17-15(18)20-13-9-5-6-10-16-14(13)19/h3-4,7-8,13H,2,5-6,9-10H2,1H3,(H,16,19)/t13-/m1/s1. The van der Waals surface area contributed by atoms with Gasteiger partial charge in [0.1, 0.15) is 0 Å². The molecule has 0 bridgehead atoms. The van der Waals surface area contributed by atoms with Gasteiger partial charge in [0.15, 0.2) is 5.16 Å². The van der Waals surface area contributed by atoms with Crippen molar-refractivity contribution in [2.75, 3.05) is 6.54 Å². The normalized spacial score (nSPS) is 19.9. The van der Waals surface area contributed by atoms with Gasteiger partial charge >= 0.3 is 0 Å². The van der Waals surface area contributed by atoms with Gasteiger partial charge in [0, 0.05) is 13.1 Å². The van der Waals surface area contributed by atoms with Crippen LogP contribution in [0, 0.1) is 0 Å². The molecule has 1 aliphatic rings. The van der Waals surface area contributed by atoms with Crippen molar-refractivity contribution in [1.82, 2.24) is 14.9 Å². The quantitative estimate of drug-likeness (QED) is 0.945. The second kappa shape index (κ2) is 5.87. The van der Waals surface area contributed by atoms with Gasteiger partial charge in [0.2, 0.25) is 5.91 Å². The monoisotopic (exact) mass is 289 g/mol. The van der Waals surface area contributed by atoms with E-state index in [1.807, 2.05) is 18.2 Å². The lowest BCUT2D eigenvalue weighted by Gasteiger charge is -2.13. The molecule has 0 unspecified atom stereocenters. The number of aromatic nitrogens is 2. The molecule has 0 radical (unpaired) electrons. The van der Waals surface area contributed by atoms with Crippen molar-refractivity contribution in [2.45, 2.75) is 43.1 Å². The number of hydrogen-bond acceptors (Lipinski definition) is 3. The van der Waals surface area contributed by atoms with Crippen LogP contribution in [-0.2, 0) is 11.3 Å². The van der Waals surface area contributed by atoms with Crippen LogP contribution < -0.4 is 5.32 Å². The van der Waals surface area contributed by atoms with E-state index in [4.69, 9.17) is 0 Å². The molecule has 106 valence electrons. The number of rotatable bonds is 3. The number of carbonyl (C=O) groups excluding carboxylic acids is 1. The molecule has 1 aromatic carbocycles. The van der Waals surface area contributed by atoms with Crippen molar-refractivity contribution in [3.05, 3.63) is 24.3 Å². The maximum atomic E-state index is 12.1. The van der Waals surface area contributed by atoms with E-state index in [1.165, 1.54) is 0 Å². The average Bonchev–Trinajstić information content (AvgIpc) is 2.69. The van der Waals surface area contributed by atoms with E-state index in [9.17, 15) is 4.79 Å². The van der Waals surface area contributed by atoms with Gasteiger partial charge in [-0.25, -0.2) is 4.98 Å². The van der Waals surface area contributed by atoms with Gasteiger partial charge in [-0.1, -0.05) is 30.3 Å². The highest BCUT2D eigenvalue weighted by Crippen LogP contribution is 2.30. The number of amides is 1. The number of benzene rings is 1. The summed E-state index contributed by atoms with van der Waals surface area (Å²) in [4.78, 5) is 16.8. The van der Waals surface area contributed by atoms with Gasteiger partial charge in [0.25, 0.3) is 0 Å². The Morgan fingerprint density at radius 3 is 3.10 bits per heavy atom. The van der Waals surface area contributed by atoms with Crippen LogP contribution in [0.2, 0.25) is 0 Å². The fourth-order valence-electron chi connectivity index (χ4n) is 2.60. The van der Waals surface area contributed by atoms with E-state index < -0.39 is 0 Å². The van der Waals surface area contributed by atoms with Gasteiger partial charge in [-0.3, -0.25) is 4.79 Å². The molecule has 2 heterocycles. The van der Waals surface area contributed by atoms with Crippen molar-refractivity contribution in [3.8, 4) is 0 Å². The van der Waals surface area contributed by atoms with Crippen molar-refractivity contribution in [1.29, 1.82) is 0 Å². The first-order chi connectivity index (χ1) is 9.79. The van der Waals surface area contributed by atoms with Crippen molar-refractivity contribution in [2.24, 2.45) is 0 Å². The molecule has 0 aliphatic carbocycles. The largest absolute Gasteiger partial charge is 0.355 e. The number of fused-ring (bicyclic) bond motifs is 1. The third-order valence-corrected chi connectivity index (χ3v) is 4.92. The van der Waals surface area contributed by atoms with Crippen LogP contribution in [0.15, 0.2) is 29.4 Å². The topological polar surface area (TPSA) is 46.9 Å². The Hall–Kier alpha value is -1.49. The van der Waals surface area contributed by atoms with Crippen LogP contribution in [0.1, 0.15) is 26.2 Å². The van der Waals surface area contributed by atoms with Crippen molar-refractivity contribution >= 4 is 28.7 Å². The van der Waals surface area contributed by atoms with Gasteiger partial charge in [0.05, 0.1) is 16.3 Å². The first-order valence-corrected chi connectivity index (χ1v) is 8.07. The Bertz CT molecular complexity index is 623. The van der Waals surface area contributed by atoms with E-state index >= 15 is 0 Å². The Kier molecular flexibility index (Phi) is 3.96. The zero-order chi connectivity index (χ0) is 13.9. The lowest BCUT2D eigenvalue weighted by atomic mass is 10.2. The number of nitrogens with zero attached hydrogens (tertiary/aromatic N) is 2. The third kappa shape index (κ3) is 2.54. The fourth-order valence-corrected chi connectivity index (χ4v) is 3.84. The molecule has 2 aromatic rings. The summed E-state index contributed by atoms with van der Waals surface area (Å²) in [5.74, 6) is 0.155. The molecule has 1 saturated heterocycles. The first-order valence-electron chi connectivity index (χ1n) is 7.19.